The first-order valence-electron chi connectivity index (χ1n) is 25.8. The molecule has 0 aromatic rings. The standard InChI is InChI=1S/C51H94O14P2/c1-4-6-7-8-9-20-24-28-33-38-47(52)39-34-29-26-31-35-40-50(54)61-44-49(45-64-67(59,60)63-43-48(53)42-62-66(56,57)58)65-51(55)41-36-30-25-22-19-17-15-13-11-10-12-14-16-18-21-23-27-32-37-46(3)5-2/h9,20,26,28-29,33-34,39,46-49,52-53H,4-8,10-19,21-25,27,30-32,35-38,40-45H2,1-3H3,(H,59,60)(H2,56,57,58)/b20-9-,29-26+,33-28-,39-34-/t46?,47?,48-,49+/m0/s1. The molecule has 3 unspecified atom stereocenters. The van der Waals surface area contributed by atoms with Gasteiger partial charge in [-0.1, -0.05) is 204 Å². The summed E-state index contributed by atoms with van der Waals surface area (Å²) in [5.74, 6) is -0.277. The largest absolute Gasteiger partial charge is 0.472 e. The third-order valence-electron chi connectivity index (χ3n) is 11.3. The summed E-state index contributed by atoms with van der Waals surface area (Å²) in [6, 6.07) is 0. The Balaban J connectivity index is 4.52. The highest BCUT2D eigenvalue weighted by Gasteiger charge is 2.28. The Morgan fingerprint density at radius 2 is 1.07 bits per heavy atom. The van der Waals surface area contributed by atoms with Gasteiger partial charge in [0.2, 0.25) is 0 Å². The number of hydrogen-bond acceptors (Lipinski definition) is 11. The van der Waals surface area contributed by atoms with E-state index in [4.69, 9.17) is 28.3 Å². The van der Waals surface area contributed by atoms with Gasteiger partial charge in [-0.15, -0.1) is 0 Å². The van der Waals surface area contributed by atoms with E-state index >= 15 is 0 Å². The summed E-state index contributed by atoms with van der Waals surface area (Å²) in [4.78, 5) is 52.9. The maximum Gasteiger partial charge on any atom is 0.472 e. The highest BCUT2D eigenvalue weighted by molar-refractivity contribution is 7.47. The first-order valence-corrected chi connectivity index (χ1v) is 28.9. The lowest BCUT2D eigenvalue weighted by molar-refractivity contribution is -0.161. The second-order valence-corrected chi connectivity index (χ2v) is 20.6. The third kappa shape index (κ3) is 48.8. The number of esters is 2. The molecule has 0 aromatic carbocycles. The van der Waals surface area contributed by atoms with Crippen LogP contribution in [0.15, 0.2) is 48.6 Å². The van der Waals surface area contributed by atoms with Gasteiger partial charge in [-0.05, 0) is 50.9 Å². The van der Waals surface area contributed by atoms with Gasteiger partial charge in [0.05, 0.1) is 25.9 Å². The van der Waals surface area contributed by atoms with E-state index in [2.05, 4.69) is 37.4 Å². The van der Waals surface area contributed by atoms with E-state index in [1.807, 2.05) is 18.2 Å². The molecule has 392 valence electrons. The van der Waals surface area contributed by atoms with Crippen LogP contribution in [0.2, 0.25) is 0 Å². The first-order chi connectivity index (χ1) is 32.2. The van der Waals surface area contributed by atoms with Gasteiger partial charge in [-0.25, -0.2) is 9.13 Å². The van der Waals surface area contributed by atoms with E-state index in [9.17, 15) is 33.8 Å². The lowest BCUT2D eigenvalue weighted by Gasteiger charge is -2.20. The van der Waals surface area contributed by atoms with Crippen molar-refractivity contribution in [3.05, 3.63) is 48.6 Å². The second-order valence-electron chi connectivity index (χ2n) is 17.9. The van der Waals surface area contributed by atoms with Crippen molar-refractivity contribution in [2.24, 2.45) is 5.92 Å². The van der Waals surface area contributed by atoms with Crippen LogP contribution < -0.4 is 0 Å². The molecule has 0 heterocycles. The Morgan fingerprint density at radius 3 is 1.66 bits per heavy atom. The van der Waals surface area contributed by atoms with E-state index in [0.717, 1.165) is 44.4 Å². The summed E-state index contributed by atoms with van der Waals surface area (Å²) in [6.45, 7) is 3.99. The molecule has 0 spiro atoms. The van der Waals surface area contributed by atoms with Crippen LogP contribution in [0.25, 0.3) is 0 Å². The fraction of sp³-hybridized carbons (Fsp3) is 0.804. The quantitative estimate of drug-likeness (QED) is 0.0126. The molecule has 0 aliphatic heterocycles. The van der Waals surface area contributed by atoms with Crippen molar-refractivity contribution >= 4 is 27.6 Å². The van der Waals surface area contributed by atoms with Gasteiger partial charge in [-0.2, -0.15) is 0 Å². The minimum atomic E-state index is -4.88. The first kappa shape index (κ1) is 65.0. The Morgan fingerprint density at radius 1 is 0.552 bits per heavy atom. The van der Waals surface area contributed by atoms with Crippen molar-refractivity contribution in [2.45, 2.75) is 232 Å². The van der Waals surface area contributed by atoms with E-state index in [-0.39, 0.29) is 12.8 Å². The second kappa shape index (κ2) is 45.2. The highest BCUT2D eigenvalue weighted by Crippen LogP contribution is 2.44. The zero-order valence-electron chi connectivity index (χ0n) is 41.8. The minimum absolute atomic E-state index is 0.0608. The van der Waals surface area contributed by atoms with Gasteiger partial charge in [-0.3, -0.25) is 23.2 Å². The lowest BCUT2D eigenvalue weighted by Crippen LogP contribution is -2.30. The molecule has 0 fully saturated rings. The van der Waals surface area contributed by atoms with Crippen LogP contribution >= 0.6 is 15.6 Å². The van der Waals surface area contributed by atoms with E-state index < -0.39 is 72.3 Å². The maximum absolute atomic E-state index is 12.7. The van der Waals surface area contributed by atoms with Crippen LogP contribution in [0.3, 0.4) is 0 Å². The van der Waals surface area contributed by atoms with Crippen LogP contribution in [0, 0.1) is 5.92 Å². The number of allylic oxidation sites excluding steroid dienone is 6. The summed E-state index contributed by atoms with van der Waals surface area (Å²) in [5.41, 5.74) is 0. The molecule has 14 nitrogen and oxygen atoms in total. The number of phosphoric acid groups is 2. The van der Waals surface area contributed by atoms with Crippen LogP contribution in [0.1, 0.15) is 213 Å². The number of aliphatic hydroxyl groups is 2. The van der Waals surface area contributed by atoms with Gasteiger partial charge in [0.25, 0.3) is 0 Å². The smallest absolute Gasteiger partial charge is 0.462 e. The summed E-state index contributed by atoms with van der Waals surface area (Å²) in [5, 5.41) is 19.9. The number of hydrogen-bond donors (Lipinski definition) is 5. The molecule has 0 saturated heterocycles. The predicted octanol–water partition coefficient (Wildman–Crippen LogP) is 13.0. The average Bonchev–Trinajstić information content (AvgIpc) is 3.29. The van der Waals surface area contributed by atoms with Gasteiger partial charge < -0.3 is 34.4 Å². The molecule has 16 heteroatoms. The number of rotatable bonds is 48. The number of unbranched alkanes of at least 4 members (excludes halogenated alkanes) is 21. The van der Waals surface area contributed by atoms with E-state index in [1.54, 1.807) is 18.2 Å². The zero-order chi connectivity index (χ0) is 49.7. The molecule has 0 rings (SSSR count). The minimum Gasteiger partial charge on any atom is -0.462 e. The molecular weight excluding hydrogens is 898 g/mol. The Hall–Kier alpha value is -1.96. The average molecular weight is 993 g/mol. The molecule has 5 atom stereocenters. The van der Waals surface area contributed by atoms with Crippen LogP contribution in [0.5, 0.6) is 0 Å². The van der Waals surface area contributed by atoms with E-state index in [1.165, 1.54) is 116 Å². The molecule has 0 radical (unpaired) electrons. The number of carbonyl (C=O) groups is 2. The van der Waals surface area contributed by atoms with Gasteiger partial charge >= 0.3 is 27.6 Å². The monoisotopic (exact) mass is 993 g/mol. The summed E-state index contributed by atoms with van der Waals surface area (Å²) >= 11 is 0. The van der Waals surface area contributed by atoms with Gasteiger partial charge in [0.15, 0.2) is 6.10 Å². The third-order valence-corrected chi connectivity index (χ3v) is 12.8. The van der Waals surface area contributed by atoms with E-state index in [0.29, 0.717) is 25.7 Å². The van der Waals surface area contributed by atoms with Crippen molar-refractivity contribution in [1.82, 2.24) is 0 Å². The number of aliphatic hydroxyl groups excluding tert-OH is 2. The van der Waals surface area contributed by atoms with Crippen LogP contribution in [0.4, 0.5) is 0 Å². The molecule has 5 N–H and O–H groups in total. The van der Waals surface area contributed by atoms with Crippen molar-refractivity contribution in [1.29, 1.82) is 0 Å². The van der Waals surface area contributed by atoms with Crippen molar-refractivity contribution in [3.63, 3.8) is 0 Å². The van der Waals surface area contributed by atoms with Gasteiger partial charge in [0, 0.05) is 12.8 Å². The van der Waals surface area contributed by atoms with Crippen LogP contribution in [-0.4, -0.2) is 81.6 Å². The molecular formula is C51H94O14P2. The van der Waals surface area contributed by atoms with Crippen molar-refractivity contribution in [3.8, 4) is 0 Å². The Labute approximate surface area is 405 Å². The fourth-order valence-electron chi connectivity index (χ4n) is 6.99. The molecule has 67 heavy (non-hydrogen) atoms. The summed E-state index contributed by atoms with van der Waals surface area (Å²) in [7, 11) is -9.73. The molecule has 0 aromatic heterocycles. The Bertz CT molecular complexity index is 1400. The maximum atomic E-state index is 12.7. The molecule has 0 aliphatic carbocycles. The Kier molecular flexibility index (Phi) is 43.9. The highest BCUT2D eigenvalue weighted by atomic mass is 31.2. The summed E-state index contributed by atoms with van der Waals surface area (Å²) in [6.07, 6.45) is 44.1. The summed E-state index contributed by atoms with van der Waals surface area (Å²) < 4.78 is 47.9. The molecule has 0 aliphatic rings. The van der Waals surface area contributed by atoms with Crippen molar-refractivity contribution < 1.29 is 66.7 Å². The van der Waals surface area contributed by atoms with Gasteiger partial charge in [0.1, 0.15) is 12.7 Å². The molecule has 0 bridgehead atoms. The fourth-order valence-corrected chi connectivity index (χ4v) is 8.14. The zero-order valence-corrected chi connectivity index (χ0v) is 43.6. The molecule has 0 saturated carbocycles. The van der Waals surface area contributed by atoms with Crippen molar-refractivity contribution in [2.75, 3.05) is 26.4 Å². The SMILES string of the molecule is CCCCC/C=C\C/C=C\CC(O)/C=C\C=C\CCCC(=O)OC[C@H](COP(=O)(O)OC[C@@H](O)COP(=O)(O)O)OC(=O)CCCCCCCCCCCCCCCCCCCCC(C)CC. The predicted molar refractivity (Wildman–Crippen MR) is 268 cm³/mol. The number of carbonyl (C=O) groups excluding carboxylic acids is 2. The molecule has 0 amide bonds. The number of ether oxygens (including phenoxy) is 2. The number of phosphoric ester groups is 2. The lowest BCUT2D eigenvalue weighted by atomic mass is 9.99. The van der Waals surface area contributed by atoms with Crippen LogP contribution in [-0.2, 0) is 41.8 Å². The topological polar surface area (TPSA) is 216 Å². The normalized spacial score (nSPS) is 15.2.